The van der Waals surface area contributed by atoms with E-state index in [1.807, 2.05) is 37.3 Å². The Hall–Kier alpha value is -2.44. The molecular formula is C13H17N5O2. The van der Waals surface area contributed by atoms with Crippen LogP contribution in [0, 0.1) is 0 Å². The number of para-hydroxylation sites is 1. The molecule has 0 radical (unpaired) electrons. The van der Waals surface area contributed by atoms with Crippen LogP contribution in [0.2, 0.25) is 0 Å². The predicted octanol–water partition coefficient (Wildman–Crippen LogP) is 1.72. The molecule has 2 aromatic rings. The number of rotatable bonds is 7. The van der Waals surface area contributed by atoms with Crippen molar-refractivity contribution in [3.8, 4) is 5.69 Å². The number of benzene rings is 1. The largest absolute Gasteiger partial charge is 0.481 e. The van der Waals surface area contributed by atoms with Crippen molar-refractivity contribution in [1.82, 2.24) is 20.2 Å². The maximum atomic E-state index is 10.5. The molecule has 7 nitrogen and oxygen atoms in total. The van der Waals surface area contributed by atoms with Crippen LogP contribution >= 0.6 is 0 Å². The lowest BCUT2D eigenvalue weighted by Crippen LogP contribution is -2.18. The summed E-state index contributed by atoms with van der Waals surface area (Å²) in [5.41, 5.74) is 0.873. The molecule has 1 aromatic heterocycles. The van der Waals surface area contributed by atoms with Gasteiger partial charge >= 0.3 is 5.97 Å². The van der Waals surface area contributed by atoms with Crippen molar-refractivity contribution in [3.63, 3.8) is 0 Å². The van der Waals surface area contributed by atoms with E-state index in [1.54, 1.807) is 4.68 Å². The summed E-state index contributed by atoms with van der Waals surface area (Å²) in [7, 11) is 0. The lowest BCUT2D eigenvalue weighted by atomic mass is 10.1. The second-order valence-corrected chi connectivity index (χ2v) is 4.58. The molecule has 0 spiro atoms. The van der Waals surface area contributed by atoms with Crippen molar-refractivity contribution >= 4 is 11.9 Å². The average molecular weight is 275 g/mol. The predicted molar refractivity (Wildman–Crippen MR) is 73.7 cm³/mol. The van der Waals surface area contributed by atoms with E-state index in [0.29, 0.717) is 12.4 Å². The summed E-state index contributed by atoms with van der Waals surface area (Å²) in [6.07, 6.45) is 1.54. The van der Waals surface area contributed by atoms with Gasteiger partial charge in [0.05, 0.1) is 5.69 Å². The number of hydrogen-bond donors (Lipinski definition) is 2. The van der Waals surface area contributed by atoms with Crippen molar-refractivity contribution < 1.29 is 9.90 Å². The molecule has 0 aliphatic heterocycles. The molecule has 0 aliphatic carbocycles. The smallest absolute Gasteiger partial charge is 0.303 e. The number of hydrogen-bond acceptors (Lipinski definition) is 5. The van der Waals surface area contributed by atoms with Gasteiger partial charge < -0.3 is 10.4 Å². The molecule has 7 heteroatoms. The zero-order chi connectivity index (χ0) is 14.4. The van der Waals surface area contributed by atoms with Gasteiger partial charge in [0.25, 0.3) is 0 Å². The summed E-state index contributed by atoms with van der Waals surface area (Å²) >= 11 is 0. The van der Waals surface area contributed by atoms with Crippen LogP contribution in [-0.2, 0) is 4.79 Å². The molecular weight excluding hydrogens is 258 g/mol. The van der Waals surface area contributed by atoms with Crippen molar-refractivity contribution in [2.45, 2.75) is 32.2 Å². The topological polar surface area (TPSA) is 92.9 Å². The van der Waals surface area contributed by atoms with Crippen molar-refractivity contribution in [2.75, 3.05) is 5.32 Å². The first kappa shape index (κ1) is 14.0. The van der Waals surface area contributed by atoms with Gasteiger partial charge in [-0.1, -0.05) is 23.3 Å². The number of carboxylic acid groups (broad SMARTS) is 1. The molecule has 2 rings (SSSR count). The normalized spacial score (nSPS) is 12.1. The molecule has 20 heavy (non-hydrogen) atoms. The number of carboxylic acids is 1. The van der Waals surface area contributed by atoms with Gasteiger partial charge in [0.2, 0.25) is 5.95 Å². The minimum Gasteiger partial charge on any atom is -0.481 e. The summed E-state index contributed by atoms with van der Waals surface area (Å²) in [6, 6.07) is 9.68. The molecule has 2 N–H and O–H groups in total. The van der Waals surface area contributed by atoms with E-state index in [0.717, 1.165) is 12.1 Å². The Kier molecular flexibility index (Phi) is 4.65. The second-order valence-electron chi connectivity index (χ2n) is 4.58. The fourth-order valence-electron chi connectivity index (χ4n) is 1.87. The Morgan fingerprint density at radius 2 is 2.15 bits per heavy atom. The molecule has 1 aromatic carbocycles. The number of aliphatic carboxylic acids is 1. The molecule has 0 fully saturated rings. The van der Waals surface area contributed by atoms with E-state index < -0.39 is 5.97 Å². The minimum atomic E-state index is -0.772. The molecule has 0 bridgehead atoms. The first-order chi connectivity index (χ1) is 9.66. The Morgan fingerprint density at radius 1 is 1.40 bits per heavy atom. The zero-order valence-electron chi connectivity index (χ0n) is 11.2. The van der Waals surface area contributed by atoms with E-state index in [-0.39, 0.29) is 12.5 Å². The Balaban J connectivity index is 1.97. The van der Waals surface area contributed by atoms with Crippen molar-refractivity contribution in [2.24, 2.45) is 0 Å². The molecule has 1 atom stereocenters. The molecule has 0 amide bonds. The van der Waals surface area contributed by atoms with Crippen molar-refractivity contribution in [1.29, 1.82) is 0 Å². The number of tetrazole rings is 1. The maximum Gasteiger partial charge on any atom is 0.303 e. The molecule has 106 valence electrons. The van der Waals surface area contributed by atoms with Gasteiger partial charge in [0.1, 0.15) is 0 Å². The van der Waals surface area contributed by atoms with Crippen LogP contribution in [0.4, 0.5) is 5.95 Å². The number of anilines is 1. The number of carbonyl (C=O) groups is 1. The van der Waals surface area contributed by atoms with E-state index >= 15 is 0 Å². The third-order valence-electron chi connectivity index (χ3n) is 2.87. The fourth-order valence-corrected chi connectivity index (χ4v) is 1.87. The third-order valence-corrected chi connectivity index (χ3v) is 2.87. The van der Waals surface area contributed by atoms with E-state index in [4.69, 9.17) is 5.11 Å². The van der Waals surface area contributed by atoms with Gasteiger partial charge in [-0.25, -0.2) is 0 Å². The standard InChI is InChI=1S/C13H17N5O2/c1-10(6-5-9-12(19)20)14-13-15-16-17-18(13)11-7-3-2-4-8-11/h2-4,7-8,10H,5-6,9H2,1H3,(H,19,20)(H,14,15,17). The Bertz CT molecular complexity index is 555. The van der Waals surface area contributed by atoms with Gasteiger partial charge in [0, 0.05) is 12.5 Å². The first-order valence-electron chi connectivity index (χ1n) is 6.49. The third kappa shape index (κ3) is 3.78. The molecule has 1 heterocycles. The summed E-state index contributed by atoms with van der Waals surface area (Å²) in [6.45, 7) is 1.98. The summed E-state index contributed by atoms with van der Waals surface area (Å²) in [5.74, 6) is -0.217. The minimum absolute atomic E-state index is 0.0998. The van der Waals surface area contributed by atoms with Gasteiger partial charge in [-0.2, -0.15) is 4.68 Å². The average Bonchev–Trinajstić information content (AvgIpc) is 2.87. The molecule has 0 aliphatic rings. The zero-order valence-corrected chi connectivity index (χ0v) is 11.2. The van der Waals surface area contributed by atoms with Crippen LogP contribution in [0.15, 0.2) is 30.3 Å². The van der Waals surface area contributed by atoms with E-state index in [9.17, 15) is 4.79 Å². The van der Waals surface area contributed by atoms with Gasteiger partial charge in [-0.05, 0) is 42.3 Å². The Morgan fingerprint density at radius 3 is 2.85 bits per heavy atom. The number of aromatic nitrogens is 4. The van der Waals surface area contributed by atoms with E-state index in [1.165, 1.54) is 0 Å². The summed E-state index contributed by atoms with van der Waals surface area (Å²) < 4.78 is 1.62. The van der Waals surface area contributed by atoms with Crippen LogP contribution in [0.3, 0.4) is 0 Å². The van der Waals surface area contributed by atoms with Crippen LogP contribution in [-0.4, -0.2) is 37.3 Å². The SMILES string of the molecule is CC(CCCC(=O)O)Nc1nnnn1-c1ccccc1. The highest BCUT2D eigenvalue weighted by molar-refractivity contribution is 5.66. The lowest BCUT2D eigenvalue weighted by Gasteiger charge is -2.13. The molecule has 0 saturated carbocycles. The van der Waals surface area contributed by atoms with Crippen LogP contribution in [0.5, 0.6) is 0 Å². The van der Waals surface area contributed by atoms with Crippen LogP contribution in [0.25, 0.3) is 5.69 Å². The van der Waals surface area contributed by atoms with Crippen LogP contribution in [0.1, 0.15) is 26.2 Å². The highest BCUT2D eigenvalue weighted by atomic mass is 16.4. The number of nitrogens with zero attached hydrogens (tertiary/aromatic N) is 4. The van der Waals surface area contributed by atoms with Gasteiger partial charge in [0.15, 0.2) is 0 Å². The highest BCUT2D eigenvalue weighted by Crippen LogP contribution is 2.13. The van der Waals surface area contributed by atoms with Crippen molar-refractivity contribution in [3.05, 3.63) is 30.3 Å². The maximum absolute atomic E-state index is 10.5. The molecule has 1 unspecified atom stereocenters. The number of nitrogens with one attached hydrogen (secondary N) is 1. The lowest BCUT2D eigenvalue weighted by molar-refractivity contribution is -0.137. The highest BCUT2D eigenvalue weighted by Gasteiger charge is 2.11. The Labute approximate surface area is 116 Å². The van der Waals surface area contributed by atoms with Gasteiger partial charge in [-0.3, -0.25) is 4.79 Å². The fraction of sp³-hybridized carbons (Fsp3) is 0.385. The first-order valence-corrected chi connectivity index (χ1v) is 6.49. The van der Waals surface area contributed by atoms with Gasteiger partial charge in [-0.15, -0.1) is 0 Å². The summed E-state index contributed by atoms with van der Waals surface area (Å²) in [5, 5.41) is 23.4. The monoisotopic (exact) mass is 275 g/mol. The second kappa shape index (κ2) is 6.65. The molecule has 0 saturated heterocycles. The van der Waals surface area contributed by atoms with Crippen LogP contribution < -0.4 is 5.32 Å². The van der Waals surface area contributed by atoms with E-state index in [2.05, 4.69) is 20.8 Å². The summed E-state index contributed by atoms with van der Waals surface area (Å²) in [4.78, 5) is 10.5. The quantitative estimate of drug-likeness (QED) is 0.799.